The Bertz CT molecular complexity index is 831. The lowest BCUT2D eigenvalue weighted by Crippen LogP contribution is -2.05. The third-order valence-corrected chi connectivity index (χ3v) is 4.29. The monoisotopic (exact) mass is 395 g/mol. The van der Waals surface area contributed by atoms with Crippen LogP contribution < -0.4 is 0 Å². The maximum Gasteiger partial charge on any atom is 0.363 e. The first kappa shape index (κ1) is 15.3. The van der Waals surface area contributed by atoms with Crippen molar-refractivity contribution < 1.29 is 9.53 Å². The highest BCUT2D eigenvalue weighted by Crippen LogP contribution is 2.29. The lowest BCUT2D eigenvalue weighted by molar-refractivity contribution is -0.129. The summed E-state index contributed by atoms with van der Waals surface area (Å²) in [7, 11) is 0. The van der Waals surface area contributed by atoms with Crippen molar-refractivity contribution in [3.05, 3.63) is 73.8 Å². The van der Waals surface area contributed by atoms with E-state index in [0.29, 0.717) is 21.2 Å². The number of carbonyl (C=O) groups is 1. The van der Waals surface area contributed by atoms with Crippen LogP contribution in [-0.2, 0) is 9.53 Å². The van der Waals surface area contributed by atoms with Crippen molar-refractivity contribution in [1.29, 1.82) is 0 Å². The van der Waals surface area contributed by atoms with Gasteiger partial charge in [-0.2, -0.15) is 0 Å². The van der Waals surface area contributed by atoms with E-state index in [2.05, 4.69) is 20.9 Å². The number of cyclic esters (lactones) is 1. The van der Waals surface area contributed by atoms with Crippen LogP contribution in [0.15, 0.2) is 57.6 Å². The van der Waals surface area contributed by atoms with Gasteiger partial charge in [0.15, 0.2) is 5.70 Å². The number of nitrogens with zero attached hydrogens (tertiary/aromatic N) is 1. The van der Waals surface area contributed by atoms with Crippen molar-refractivity contribution in [2.75, 3.05) is 0 Å². The number of rotatable bonds is 2. The van der Waals surface area contributed by atoms with E-state index in [0.717, 1.165) is 4.47 Å². The molecule has 2 aromatic rings. The van der Waals surface area contributed by atoms with Gasteiger partial charge >= 0.3 is 5.97 Å². The van der Waals surface area contributed by atoms with E-state index in [-0.39, 0.29) is 11.6 Å². The van der Waals surface area contributed by atoms with Gasteiger partial charge in [-0.15, -0.1) is 0 Å². The summed E-state index contributed by atoms with van der Waals surface area (Å²) in [5.41, 5.74) is 1.50. The van der Waals surface area contributed by atoms with Crippen molar-refractivity contribution in [1.82, 2.24) is 0 Å². The average Bonchev–Trinajstić information content (AvgIpc) is 2.85. The average molecular weight is 397 g/mol. The molecule has 3 nitrogen and oxygen atoms in total. The van der Waals surface area contributed by atoms with E-state index < -0.39 is 5.97 Å². The molecule has 0 aromatic heterocycles. The number of hydrogen-bond donors (Lipinski definition) is 0. The van der Waals surface area contributed by atoms with Gasteiger partial charge in [0.1, 0.15) is 0 Å². The van der Waals surface area contributed by atoms with E-state index in [1.54, 1.807) is 24.3 Å². The molecule has 2 aromatic carbocycles. The molecule has 0 amide bonds. The summed E-state index contributed by atoms with van der Waals surface area (Å²) in [5.74, 6) is -0.262. The zero-order valence-electron chi connectivity index (χ0n) is 11.0. The Morgan fingerprint density at radius 3 is 2.68 bits per heavy atom. The number of esters is 1. The number of hydrogen-bond acceptors (Lipinski definition) is 3. The van der Waals surface area contributed by atoms with Gasteiger partial charge < -0.3 is 4.74 Å². The quantitative estimate of drug-likeness (QED) is 0.523. The summed E-state index contributed by atoms with van der Waals surface area (Å²) in [5, 5.41) is 0.786. The van der Waals surface area contributed by atoms with Gasteiger partial charge in [-0.25, -0.2) is 9.79 Å². The SMILES string of the molecule is O=C1OC(c2cccc(Br)c2)=N/C1=C\c1cccc(Cl)c1Cl. The Morgan fingerprint density at radius 2 is 1.91 bits per heavy atom. The van der Waals surface area contributed by atoms with Crippen LogP contribution >= 0.6 is 39.1 Å². The van der Waals surface area contributed by atoms with Crippen LogP contribution in [0, 0.1) is 0 Å². The van der Waals surface area contributed by atoms with E-state index in [1.807, 2.05) is 24.3 Å². The van der Waals surface area contributed by atoms with Crippen LogP contribution in [0.1, 0.15) is 11.1 Å². The lowest BCUT2D eigenvalue weighted by atomic mass is 10.2. The summed E-state index contributed by atoms with van der Waals surface area (Å²) in [6.07, 6.45) is 1.56. The Hall–Kier alpha value is -1.62. The summed E-state index contributed by atoms with van der Waals surface area (Å²) < 4.78 is 6.08. The van der Waals surface area contributed by atoms with Crippen molar-refractivity contribution >= 4 is 57.1 Å². The number of carbonyl (C=O) groups excluding carboxylic acids is 1. The third kappa shape index (κ3) is 3.09. The molecule has 1 aliphatic rings. The van der Waals surface area contributed by atoms with Gasteiger partial charge in [0.25, 0.3) is 0 Å². The van der Waals surface area contributed by atoms with E-state index >= 15 is 0 Å². The first-order chi connectivity index (χ1) is 10.5. The van der Waals surface area contributed by atoms with Crippen molar-refractivity contribution in [3.8, 4) is 0 Å². The molecule has 110 valence electrons. The van der Waals surface area contributed by atoms with Crippen LogP contribution in [0.4, 0.5) is 0 Å². The Labute approximate surface area is 145 Å². The zero-order valence-corrected chi connectivity index (χ0v) is 14.1. The molecule has 6 heteroatoms. The predicted octanol–water partition coefficient (Wildman–Crippen LogP) is 5.10. The van der Waals surface area contributed by atoms with Gasteiger partial charge in [-0.3, -0.25) is 0 Å². The molecule has 0 atom stereocenters. The molecule has 0 saturated carbocycles. The Morgan fingerprint density at radius 1 is 1.14 bits per heavy atom. The van der Waals surface area contributed by atoms with Crippen LogP contribution in [0.2, 0.25) is 10.0 Å². The van der Waals surface area contributed by atoms with Gasteiger partial charge in [0.2, 0.25) is 5.90 Å². The second-order valence-electron chi connectivity index (χ2n) is 4.49. The molecule has 0 bridgehead atoms. The van der Waals surface area contributed by atoms with E-state index in [4.69, 9.17) is 27.9 Å². The number of ether oxygens (including phenoxy) is 1. The predicted molar refractivity (Wildman–Crippen MR) is 91.2 cm³/mol. The lowest BCUT2D eigenvalue weighted by Gasteiger charge is -2.00. The fourth-order valence-electron chi connectivity index (χ4n) is 1.93. The molecule has 3 rings (SSSR count). The first-order valence-electron chi connectivity index (χ1n) is 6.27. The largest absolute Gasteiger partial charge is 0.402 e. The van der Waals surface area contributed by atoms with Crippen LogP contribution in [0.3, 0.4) is 0 Å². The second-order valence-corrected chi connectivity index (χ2v) is 6.19. The number of benzene rings is 2. The molecule has 0 fully saturated rings. The highest BCUT2D eigenvalue weighted by molar-refractivity contribution is 9.10. The van der Waals surface area contributed by atoms with Crippen LogP contribution in [0.25, 0.3) is 6.08 Å². The van der Waals surface area contributed by atoms with Gasteiger partial charge in [0.05, 0.1) is 10.0 Å². The summed E-state index contributed by atoms with van der Waals surface area (Å²) in [4.78, 5) is 16.2. The number of aliphatic imine (C=N–C) groups is 1. The van der Waals surface area contributed by atoms with Crippen molar-refractivity contribution in [2.24, 2.45) is 4.99 Å². The molecule has 1 heterocycles. The highest BCUT2D eigenvalue weighted by Gasteiger charge is 2.24. The van der Waals surface area contributed by atoms with E-state index in [9.17, 15) is 4.79 Å². The molecule has 0 N–H and O–H groups in total. The number of halogens is 3. The molecular weight excluding hydrogens is 389 g/mol. The standard InChI is InChI=1S/C16H8BrCl2NO2/c17-11-5-1-4-10(7-11)15-20-13(16(21)22-15)8-9-3-2-6-12(18)14(9)19/h1-8H/b13-8-. The molecule has 0 radical (unpaired) electrons. The minimum Gasteiger partial charge on any atom is -0.402 e. The van der Waals surface area contributed by atoms with Gasteiger partial charge in [-0.05, 0) is 35.9 Å². The maximum atomic E-state index is 12.0. The van der Waals surface area contributed by atoms with Gasteiger partial charge in [0, 0.05) is 10.0 Å². The molecule has 0 aliphatic carbocycles. The highest BCUT2D eigenvalue weighted by atomic mass is 79.9. The summed E-state index contributed by atoms with van der Waals surface area (Å²) in [6.45, 7) is 0. The third-order valence-electron chi connectivity index (χ3n) is 2.97. The Kier molecular flexibility index (Phi) is 4.34. The fourth-order valence-corrected chi connectivity index (χ4v) is 2.70. The Balaban J connectivity index is 2.00. The van der Waals surface area contributed by atoms with Crippen LogP contribution in [0.5, 0.6) is 0 Å². The van der Waals surface area contributed by atoms with E-state index in [1.165, 1.54) is 0 Å². The molecule has 22 heavy (non-hydrogen) atoms. The first-order valence-corrected chi connectivity index (χ1v) is 7.82. The summed E-state index contributed by atoms with van der Waals surface area (Å²) >= 11 is 15.4. The fraction of sp³-hybridized carbons (Fsp3) is 0. The molecule has 0 saturated heterocycles. The normalized spacial score (nSPS) is 15.9. The molecule has 1 aliphatic heterocycles. The molecule has 0 unspecified atom stereocenters. The van der Waals surface area contributed by atoms with Crippen LogP contribution in [-0.4, -0.2) is 11.9 Å². The molecular formula is C16H8BrCl2NO2. The minimum absolute atomic E-state index is 0.180. The molecule has 0 spiro atoms. The minimum atomic E-state index is -0.522. The smallest absolute Gasteiger partial charge is 0.363 e. The second kappa shape index (κ2) is 6.24. The summed E-state index contributed by atoms with van der Waals surface area (Å²) in [6, 6.07) is 12.5. The van der Waals surface area contributed by atoms with Gasteiger partial charge in [-0.1, -0.05) is 57.3 Å². The maximum absolute atomic E-state index is 12.0. The van der Waals surface area contributed by atoms with Crippen molar-refractivity contribution in [3.63, 3.8) is 0 Å². The van der Waals surface area contributed by atoms with Crippen molar-refractivity contribution in [2.45, 2.75) is 0 Å². The topological polar surface area (TPSA) is 38.7 Å². The zero-order chi connectivity index (χ0) is 15.7.